The summed E-state index contributed by atoms with van der Waals surface area (Å²) in [5, 5.41) is 0. The van der Waals surface area contributed by atoms with Crippen LogP contribution in [0, 0.1) is 5.92 Å². The van der Waals surface area contributed by atoms with Gasteiger partial charge in [0.25, 0.3) is 0 Å². The zero-order valence-electron chi connectivity index (χ0n) is 6.33. The predicted molar refractivity (Wildman–Crippen MR) is 39.4 cm³/mol. The second-order valence-electron chi connectivity index (χ2n) is 2.14. The number of hydrogen-bond donors (Lipinski definition) is 1. The molecule has 0 spiro atoms. The van der Waals surface area contributed by atoms with Crippen LogP contribution in [0.2, 0.25) is 0 Å². The van der Waals surface area contributed by atoms with Gasteiger partial charge in [0.15, 0.2) is 0 Å². The minimum absolute atomic E-state index is 0.0348. The second kappa shape index (κ2) is 4.06. The summed E-state index contributed by atoms with van der Waals surface area (Å²) < 4.78 is 4.42. The lowest BCUT2D eigenvalue weighted by molar-refractivity contribution is -0.142. The smallest absolute Gasteiger partial charge is 0.323 e. The van der Waals surface area contributed by atoms with Crippen molar-refractivity contribution in [1.29, 1.82) is 0 Å². The molecule has 0 heterocycles. The number of rotatable bonds is 3. The summed E-state index contributed by atoms with van der Waals surface area (Å²) >= 11 is 0. The largest absolute Gasteiger partial charge is 0.468 e. The van der Waals surface area contributed by atoms with Gasteiger partial charge in [-0.3, -0.25) is 4.79 Å². The topological polar surface area (TPSA) is 52.3 Å². The van der Waals surface area contributed by atoms with Gasteiger partial charge in [-0.15, -0.1) is 6.58 Å². The molecule has 0 aliphatic heterocycles. The molecule has 10 heavy (non-hydrogen) atoms. The monoisotopic (exact) mass is 143 g/mol. The molecular formula is C7H13NO2. The number of hydrogen-bond acceptors (Lipinski definition) is 3. The number of esters is 1. The van der Waals surface area contributed by atoms with E-state index in [-0.39, 0.29) is 5.92 Å². The lowest BCUT2D eigenvalue weighted by atomic mass is 10.0. The van der Waals surface area contributed by atoms with Crippen LogP contribution in [0.25, 0.3) is 0 Å². The van der Waals surface area contributed by atoms with Gasteiger partial charge in [-0.2, -0.15) is 0 Å². The number of carbonyl (C=O) groups excluding carboxylic acids is 1. The van der Waals surface area contributed by atoms with E-state index in [0.29, 0.717) is 0 Å². The molecular weight excluding hydrogens is 130 g/mol. The molecule has 0 unspecified atom stereocenters. The molecule has 0 radical (unpaired) electrons. The molecule has 0 rings (SSSR count). The van der Waals surface area contributed by atoms with Crippen LogP contribution in [0.4, 0.5) is 0 Å². The highest BCUT2D eigenvalue weighted by atomic mass is 16.5. The van der Waals surface area contributed by atoms with Gasteiger partial charge in [0.05, 0.1) is 7.11 Å². The highest BCUT2D eigenvalue weighted by molar-refractivity contribution is 5.75. The Morgan fingerprint density at radius 2 is 2.30 bits per heavy atom. The Kier molecular flexibility index (Phi) is 3.72. The van der Waals surface area contributed by atoms with E-state index in [9.17, 15) is 4.79 Å². The molecule has 2 atom stereocenters. The Balaban J connectivity index is 3.93. The van der Waals surface area contributed by atoms with Crippen LogP contribution in [0.1, 0.15) is 6.92 Å². The number of nitrogens with two attached hydrogens (primary N) is 1. The second-order valence-corrected chi connectivity index (χ2v) is 2.14. The Morgan fingerprint density at radius 3 is 2.60 bits per heavy atom. The molecule has 0 saturated carbocycles. The van der Waals surface area contributed by atoms with Crippen molar-refractivity contribution >= 4 is 5.97 Å². The molecule has 0 aliphatic rings. The first-order chi connectivity index (χ1) is 4.63. The highest BCUT2D eigenvalue weighted by Gasteiger charge is 2.18. The van der Waals surface area contributed by atoms with Crippen molar-refractivity contribution in [2.75, 3.05) is 7.11 Å². The minimum atomic E-state index is -0.581. The molecule has 0 aromatic rings. The van der Waals surface area contributed by atoms with Gasteiger partial charge < -0.3 is 10.5 Å². The summed E-state index contributed by atoms with van der Waals surface area (Å²) in [6.45, 7) is 5.32. The number of ether oxygens (including phenoxy) is 1. The van der Waals surface area contributed by atoms with Gasteiger partial charge in [0.1, 0.15) is 6.04 Å². The van der Waals surface area contributed by atoms with Crippen LogP contribution < -0.4 is 5.73 Å². The molecule has 3 nitrogen and oxygen atoms in total. The molecule has 0 aromatic heterocycles. The first-order valence-electron chi connectivity index (χ1n) is 3.09. The molecule has 0 bridgehead atoms. The van der Waals surface area contributed by atoms with E-state index in [4.69, 9.17) is 5.73 Å². The van der Waals surface area contributed by atoms with Crippen molar-refractivity contribution < 1.29 is 9.53 Å². The van der Waals surface area contributed by atoms with Crippen molar-refractivity contribution in [1.82, 2.24) is 0 Å². The minimum Gasteiger partial charge on any atom is -0.468 e. The Hall–Kier alpha value is -0.830. The van der Waals surface area contributed by atoms with Gasteiger partial charge in [-0.05, 0) is 5.92 Å². The molecule has 3 heteroatoms. The molecule has 0 aromatic carbocycles. The average Bonchev–Trinajstić information content (AvgIpc) is 2.00. The summed E-state index contributed by atoms with van der Waals surface area (Å²) in [5.41, 5.74) is 5.44. The van der Waals surface area contributed by atoms with Crippen LogP contribution in [0.5, 0.6) is 0 Å². The predicted octanol–water partition coefficient (Wildman–Crippen LogP) is 0.309. The third kappa shape index (κ3) is 2.19. The zero-order valence-corrected chi connectivity index (χ0v) is 6.33. The highest BCUT2D eigenvalue weighted by Crippen LogP contribution is 2.01. The number of carbonyl (C=O) groups is 1. The first-order valence-corrected chi connectivity index (χ1v) is 3.09. The van der Waals surface area contributed by atoms with E-state index in [1.807, 2.05) is 6.92 Å². The van der Waals surface area contributed by atoms with E-state index in [1.165, 1.54) is 7.11 Å². The summed E-state index contributed by atoms with van der Waals surface area (Å²) in [5.74, 6) is -0.431. The molecule has 0 saturated heterocycles. The number of methoxy groups -OCH3 is 1. The fraction of sp³-hybridized carbons (Fsp3) is 0.571. The molecule has 0 amide bonds. The van der Waals surface area contributed by atoms with E-state index in [2.05, 4.69) is 11.3 Å². The zero-order chi connectivity index (χ0) is 8.15. The van der Waals surface area contributed by atoms with Gasteiger partial charge in [-0.25, -0.2) is 0 Å². The first kappa shape index (κ1) is 9.17. The van der Waals surface area contributed by atoms with Crippen molar-refractivity contribution in [3.63, 3.8) is 0 Å². The SMILES string of the molecule is C=C[C@@H](C)[C@H](N)C(=O)OC. The van der Waals surface area contributed by atoms with E-state index >= 15 is 0 Å². The standard InChI is InChI=1S/C7H13NO2/c1-4-5(2)6(8)7(9)10-3/h4-6H,1,8H2,2-3H3/t5-,6+/m1/s1. The molecule has 0 aliphatic carbocycles. The van der Waals surface area contributed by atoms with Crippen molar-refractivity contribution in [2.24, 2.45) is 11.7 Å². The van der Waals surface area contributed by atoms with Gasteiger partial charge in [0, 0.05) is 0 Å². The summed E-state index contributed by atoms with van der Waals surface area (Å²) in [6.07, 6.45) is 1.63. The van der Waals surface area contributed by atoms with Crippen LogP contribution >= 0.6 is 0 Å². The van der Waals surface area contributed by atoms with Crippen LogP contribution in [-0.2, 0) is 9.53 Å². The summed E-state index contributed by atoms with van der Waals surface area (Å²) in [6, 6.07) is -0.581. The Bertz CT molecular complexity index is 134. The maximum atomic E-state index is 10.7. The van der Waals surface area contributed by atoms with E-state index in [0.717, 1.165) is 0 Å². The fourth-order valence-corrected chi connectivity index (χ4v) is 0.497. The average molecular weight is 143 g/mol. The molecule has 58 valence electrons. The van der Waals surface area contributed by atoms with Gasteiger partial charge in [-0.1, -0.05) is 13.0 Å². The maximum absolute atomic E-state index is 10.7. The lowest BCUT2D eigenvalue weighted by Crippen LogP contribution is -2.36. The van der Waals surface area contributed by atoms with Gasteiger partial charge in [0.2, 0.25) is 0 Å². The molecule has 2 N–H and O–H groups in total. The fourth-order valence-electron chi connectivity index (χ4n) is 0.497. The summed E-state index contributed by atoms with van der Waals surface area (Å²) in [7, 11) is 1.32. The summed E-state index contributed by atoms with van der Waals surface area (Å²) in [4.78, 5) is 10.7. The molecule has 0 fully saturated rings. The quantitative estimate of drug-likeness (QED) is 0.457. The Morgan fingerprint density at radius 1 is 1.80 bits per heavy atom. The third-order valence-electron chi connectivity index (χ3n) is 1.41. The van der Waals surface area contributed by atoms with Crippen LogP contribution in [0.3, 0.4) is 0 Å². The van der Waals surface area contributed by atoms with Crippen LogP contribution in [-0.4, -0.2) is 19.1 Å². The van der Waals surface area contributed by atoms with E-state index < -0.39 is 12.0 Å². The lowest BCUT2D eigenvalue weighted by Gasteiger charge is -2.12. The third-order valence-corrected chi connectivity index (χ3v) is 1.41. The van der Waals surface area contributed by atoms with E-state index in [1.54, 1.807) is 6.08 Å². The van der Waals surface area contributed by atoms with Gasteiger partial charge >= 0.3 is 5.97 Å². The normalized spacial score (nSPS) is 15.5. The maximum Gasteiger partial charge on any atom is 0.323 e. The van der Waals surface area contributed by atoms with Crippen molar-refractivity contribution in [3.05, 3.63) is 12.7 Å². The van der Waals surface area contributed by atoms with Crippen molar-refractivity contribution in [3.8, 4) is 0 Å². The Labute approximate surface area is 60.9 Å². The van der Waals surface area contributed by atoms with Crippen LogP contribution in [0.15, 0.2) is 12.7 Å². The van der Waals surface area contributed by atoms with Crippen molar-refractivity contribution in [2.45, 2.75) is 13.0 Å².